The van der Waals surface area contributed by atoms with Crippen molar-refractivity contribution in [2.24, 2.45) is 5.73 Å². The molecular weight excluding hydrogens is 350 g/mol. The molecule has 0 atom stereocenters. The summed E-state index contributed by atoms with van der Waals surface area (Å²) in [4.78, 5) is 42.3. The van der Waals surface area contributed by atoms with Gasteiger partial charge in [-0.15, -0.1) is 0 Å². The van der Waals surface area contributed by atoms with Crippen LogP contribution in [0.15, 0.2) is 24.3 Å². The summed E-state index contributed by atoms with van der Waals surface area (Å²) < 4.78 is 0. The van der Waals surface area contributed by atoms with E-state index in [1.807, 2.05) is 0 Å². The molecule has 0 saturated carbocycles. The highest BCUT2D eigenvalue weighted by Gasteiger charge is 2.32. The highest BCUT2D eigenvalue weighted by Crippen LogP contribution is 2.18. The van der Waals surface area contributed by atoms with E-state index in [0.29, 0.717) is 23.8 Å². The topological polar surface area (TPSA) is 137 Å². The number of nitrogens with zero attached hydrogens (tertiary/aromatic N) is 4. The van der Waals surface area contributed by atoms with E-state index in [4.69, 9.17) is 5.73 Å². The summed E-state index contributed by atoms with van der Waals surface area (Å²) in [6, 6.07) is 6.80. The van der Waals surface area contributed by atoms with Crippen LogP contribution < -0.4 is 11.1 Å². The Labute approximate surface area is 155 Å². The molecule has 1 aliphatic rings. The van der Waals surface area contributed by atoms with Gasteiger partial charge >= 0.3 is 6.03 Å². The average molecular weight is 371 g/mol. The van der Waals surface area contributed by atoms with Crippen LogP contribution in [0.1, 0.15) is 18.7 Å². The number of nitrogens with one attached hydrogen (secondary N) is 2. The molecule has 1 aliphatic heterocycles. The summed E-state index contributed by atoms with van der Waals surface area (Å²) in [6.45, 7) is 0.615. The summed E-state index contributed by atoms with van der Waals surface area (Å²) in [6.07, 6.45) is 0.623. The highest BCUT2D eigenvalue weighted by atomic mass is 16.2. The minimum Gasteiger partial charge on any atom is -0.326 e. The first-order valence-corrected chi connectivity index (χ1v) is 8.55. The fourth-order valence-corrected chi connectivity index (χ4v) is 2.73. The molecule has 1 aromatic heterocycles. The Morgan fingerprint density at radius 3 is 2.63 bits per heavy atom. The van der Waals surface area contributed by atoms with Crippen LogP contribution in [-0.4, -0.2) is 63.0 Å². The fourth-order valence-electron chi connectivity index (χ4n) is 2.73. The molecule has 1 saturated heterocycles. The molecule has 0 spiro atoms. The van der Waals surface area contributed by atoms with Gasteiger partial charge in [-0.2, -0.15) is 5.10 Å². The molecule has 2 aromatic rings. The number of aromatic nitrogens is 3. The van der Waals surface area contributed by atoms with Crippen molar-refractivity contribution >= 4 is 23.5 Å². The zero-order chi connectivity index (χ0) is 19.4. The second-order valence-electron chi connectivity index (χ2n) is 6.22. The number of imide groups is 1. The van der Waals surface area contributed by atoms with Crippen LogP contribution in [0.4, 0.5) is 10.5 Å². The summed E-state index contributed by atoms with van der Waals surface area (Å²) in [7, 11) is 1.58. The van der Waals surface area contributed by atoms with E-state index in [9.17, 15) is 14.4 Å². The van der Waals surface area contributed by atoms with E-state index in [0.717, 1.165) is 5.56 Å². The largest absolute Gasteiger partial charge is 0.326 e. The molecule has 4 N–H and O–H groups in total. The van der Waals surface area contributed by atoms with Gasteiger partial charge in [-0.05, 0) is 30.7 Å². The van der Waals surface area contributed by atoms with E-state index in [1.165, 1.54) is 9.80 Å². The number of benzene rings is 1. The van der Waals surface area contributed by atoms with Crippen LogP contribution in [0.5, 0.6) is 0 Å². The molecule has 4 amide bonds. The standard InChI is InChI=1S/C17H21N7O3/c1-23-10-15(26)24(17(23)27)8-2-3-14(25)19-12-6-4-11(5-7-12)16-20-13(9-18)21-22-16/h4-7H,2-3,8-10,18H2,1H3,(H,19,25)(H,20,21,22). The van der Waals surface area contributed by atoms with Crippen molar-refractivity contribution in [1.82, 2.24) is 25.0 Å². The van der Waals surface area contributed by atoms with Gasteiger partial charge in [0.05, 0.1) is 6.54 Å². The molecular formula is C17H21N7O3. The number of amides is 4. The van der Waals surface area contributed by atoms with Crippen molar-refractivity contribution in [3.05, 3.63) is 30.1 Å². The number of aromatic amines is 1. The number of nitrogens with two attached hydrogens (primary N) is 1. The Bertz CT molecular complexity index is 846. The highest BCUT2D eigenvalue weighted by molar-refractivity contribution is 6.01. The molecule has 2 heterocycles. The van der Waals surface area contributed by atoms with Crippen molar-refractivity contribution in [2.45, 2.75) is 19.4 Å². The fraction of sp³-hybridized carbons (Fsp3) is 0.353. The molecule has 27 heavy (non-hydrogen) atoms. The normalized spacial score (nSPS) is 14.1. The van der Waals surface area contributed by atoms with Crippen molar-refractivity contribution in [3.8, 4) is 11.4 Å². The number of H-pyrrole nitrogens is 1. The predicted molar refractivity (Wildman–Crippen MR) is 97.3 cm³/mol. The monoisotopic (exact) mass is 371 g/mol. The van der Waals surface area contributed by atoms with Gasteiger partial charge in [-0.3, -0.25) is 19.6 Å². The van der Waals surface area contributed by atoms with E-state index in [-0.39, 0.29) is 43.9 Å². The number of hydrogen-bond acceptors (Lipinski definition) is 6. The summed E-state index contributed by atoms with van der Waals surface area (Å²) in [5.74, 6) is 0.726. The maximum Gasteiger partial charge on any atom is 0.326 e. The van der Waals surface area contributed by atoms with Crippen molar-refractivity contribution in [2.75, 3.05) is 25.5 Å². The molecule has 0 bridgehead atoms. The van der Waals surface area contributed by atoms with Crippen LogP contribution in [0.25, 0.3) is 11.4 Å². The molecule has 1 aromatic carbocycles. The molecule has 3 rings (SSSR count). The third-order valence-corrected chi connectivity index (χ3v) is 4.17. The van der Waals surface area contributed by atoms with Gasteiger partial charge in [0, 0.05) is 31.3 Å². The first-order chi connectivity index (χ1) is 13.0. The smallest absolute Gasteiger partial charge is 0.326 e. The van der Waals surface area contributed by atoms with Gasteiger partial charge in [0.25, 0.3) is 0 Å². The van der Waals surface area contributed by atoms with Crippen LogP contribution in [0, 0.1) is 0 Å². The second-order valence-corrected chi connectivity index (χ2v) is 6.22. The lowest BCUT2D eigenvalue weighted by Gasteiger charge is -2.13. The minimum atomic E-state index is -0.319. The number of likely N-dealkylation sites (N-methyl/N-ethyl adjacent to an activating group) is 1. The van der Waals surface area contributed by atoms with Crippen LogP contribution in [0.2, 0.25) is 0 Å². The molecule has 10 heteroatoms. The van der Waals surface area contributed by atoms with Gasteiger partial charge in [0.1, 0.15) is 12.4 Å². The Kier molecular flexibility index (Phi) is 5.46. The molecule has 1 fully saturated rings. The maximum atomic E-state index is 12.1. The first kappa shape index (κ1) is 18.5. The van der Waals surface area contributed by atoms with Gasteiger partial charge < -0.3 is 16.0 Å². The molecule has 0 aliphatic carbocycles. The van der Waals surface area contributed by atoms with E-state index >= 15 is 0 Å². The van der Waals surface area contributed by atoms with Crippen molar-refractivity contribution < 1.29 is 14.4 Å². The lowest BCUT2D eigenvalue weighted by Crippen LogP contribution is -2.32. The van der Waals surface area contributed by atoms with Gasteiger partial charge in [0.2, 0.25) is 11.8 Å². The third-order valence-electron chi connectivity index (χ3n) is 4.17. The molecule has 142 valence electrons. The predicted octanol–water partition coefficient (Wildman–Crippen LogP) is 0.543. The van der Waals surface area contributed by atoms with E-state index in [2.05, 4.69) is 20.5 Å². The SMILES string of the molecule is CN1CC(=O)N(CCCC(=O)Nc2ccc(-c3n[nH]c(CN)n3)cc2)C1=O. The second kappa shape index (κ2) is 7.96. The van der Waals surface area contributed by atoms with Gasteiger partial charge in [-0.1, -0.05) is 0 Å². The van der Waals surface area contributed by atoms with Crippen LogP contribution >= 0.6 is 0 Å². The minimum absolute atomic E-state index is 0.0923. The zero-order valence-electron chi connectivity index (χ0n) is 14.9. The Hall–Kier alpha value is -3.27. The van der Waals surface area contributed by atoms with Gasteiger partial charge in [0.15, 0.2) is 5.82 Å². The number of hydrogen-bond donors (Lipinski definition) is 3. The Morgan fingerprint density at radius 2 is 2.04 bits per heavy atom. The first-order valence-electron chi connectivity index (χ1n) is 8.55. The van der Waals surface area contributed by atoms with Crippen LogP contribution in [-0.2, 0) is 16.1 Å². The lowest BCUT2D eigenvalue weighted by molar-refractivity contribution is -0.125. The third kappa shape index (κ3) is 4.29. The summed E-state index contributed by atoms with van der Waals surface area (Å²) in [5.41, 5.74) is 6.95. The molecule has 0 radical (unpaired) electrons. The average Bonchev–Trinajstić information content (AvgIpc) is 3.22. The number of carbonyl (C=O) groups excluding carboxylic acids is 3. The molecule has 10 nitrogen and oxygen atoms in total. The van der Waals surface area contributed by atoms with Crippen LogP contribution in [0.3, 0.4) is 0 Å². The maximum absolute atomic E-state index is 12.1. The number of urea groups is 1. The quantitative estimate of drug-likeness (QED) is 0.608. The van der Waals surface area contributed by atoms with E-state index < -0.39 is 0 Å². The number of carbonyl (C=O) groups is 3. The van der Waals surface area contributed by atoms with Crippen molar-refractivity contribution in [3.63, 3.8) is 0 Å². The number of rotatable bonds is 7. The van der Waals surface area contributed by atoms with E-state index in [1.54, 1.807) is 31.3 Å². The lowest BCUT2D eigenvalue weighted by atomic mass is 10.2. The zero-order valence-corrected chi connectivity index (χ0v) is 14.9. The summed E-state index contributed by atoms with van der Waals surface area (Å²) in [5, 5.41) is 9.61. The van der Waals surface area contributed by atoms with Gasteiger partial charge in [-0.25, -0.2) is 9.78 Å². The Balaban J connectivity index is 1.48. The van der Waals surface area contributed by atoms with Crippen molar-refractivity contribution in [1.29, 1.82) is 0 Å². The molecule has 0 unspecified atom stereocenters. The number of anilines is 1. The summed E-state index contributed by atoms with van der Waals surface area (Å²) >= 11 is 0. The Morgan fingerprint density at radius 1 is 1.30 bits per heavy atom.